The molecule has 6 aliphatic rings. The zero-order valence-electron chi connectivity index (χ0n) is 32.1. The summed E-state index contributed by atoms with van der Waals surface area (Å²) in [4.78, 5) is 39.7. The minimum Gasteiger partial charge on any atom is -0.496 e. The summed E-state index contributed by atoms with van der Waals surface area (Å²) < 4.78 is 17.6. The summed E-state index contributed by atoms with van der Waals surface area (Å²) in [6, 6.07) is 11.3. The molecular formula is C43H52N4O7. The lowest BCUT2D eigenvalue weighted by atomic mass is 9.47. The van der Waals surface area contributed by atoms with Gasteiger partial charge >= 0.3 is 11.9 Å². The summed E-state index contributed by atoms with van der Waals surface area (Å²) in [5.74, 6) is -0.669. The van der Waals surface area contributed by atoms with Crippen LogP contribution in [0.4, 0.5) is 5.69 Å². The van der Waals surface area contributed by atoms with Crippen molar-refractivity contribution in [1.82, 2.24) is 14.8 Å². The molecule has 9 atom stereocenters. The highest BCUT2D eigenvalue weighted by Gasteiger charge is 2.79. The lowest BCUT2D eigenvalue weighted by Crippen LogP contribution is -2.80. The van der Waals surface area contributed by atoms with Gasteiger partial charge in [0.2, 0.25) is 5.60 Å². The van der Waals surface area contributed by atoms with E-state index in [1.54, 1.807) is 7.11 Å². The highest BCUT2D eigenvalue weighted by atomic mass is 16.5. The van der Waals surface area contributed by atoms with Gasteiger partial charge in [-0.2, -0.15) is 0 Å². The van der Waals surface area contributed by atoms with Crippen molar-refractivity contribution in [2.45, 2.75) is 80.7 Å². The van der Waals surface area contributed by atoms with E-state index >= 15 is 4.79 Å². The summed E-state index contributed by atoms with van der Waals surface area (Å²) in [7, 11) is 6.24. The predicted molar refractivity (Wildman–Crippen MR) is 205 cm³/mol. The average molecular weight is 737 g/mol. The molecule has 3 N–H and O–H groups in total. The standard InChI is InChI=1S/C43H52N4O7/c1-7-25-18-26-21-42(38(49)53-5,34-28(24-46(22-25)23-26)27-12-9-10-13-31(27)44-34)30-19-29-32(20-33(30)52-4)45(3)36-41(29)15-17-47-16-11-14-40(8-2,35(41)47)37(48)43(36,51)39(50)54-6/h9-14,18-20,26,35-37,44,48,51H,7-8,15-17,21-24H2,1-6H3/t26-,35+,36-,37-,40-,41?,42+,43?/m1/s1. The lowest BCUT2D eigenvalue weighted by molar-refractivity contribution is -0.218. The number of para-hydroxylation sites is 1. The molecule has 11 heteroatoms. The van der Waals surface area contributed by atoms with E-state index in [0.29, 0.717) is 50.2 Å². The molecule has 0 amide bonds. The van der Waals surface area contributed by atoms with Crippen LogP contribution in [-0.2, 0) is 36.4 Å². The second-order valence-corrected chi connectivity index (χ2v) is 16.6. The van der Waals surface area contributed by atoms with Crippen molar-refractivity contribution < 1.29 is 34.0 Å². The van der Waals surface area contributed by atoms with Gasteiger partial charge in [0.05, 0.1) is 27.4 Å². The van der Waals surface area contributed by atoms with Crippen LogP contribution < -0.4 is 9.64 Å². The van der Waals surface area contributed by atoms with Crippen LogP contribution in [-0.4, -0.2) is 115 Å². The predicted octanol–water partition coefficient (Wildman–Crippen LogP) is 4.18. The number of carbonyl (C=O) groups excluding carboxylic acids is 2. The highest BCUT2D eigenvalue weighted by Crippen LogP contribution is 2.67. The van der Waals surface area contributed by atoms with Crippen molar-refractivity contribution in [3.05, 3.63) is 82.6 Å². The Balaban J connectivity index is 1.37. The molecule has 2 aromatic carbocycles. The Labute approximate surface area is 316 Å². The summed E-state index contributed by atoms with van der Waals surface area (Å²) in [5, 5.41) is 26.3. The number of fused-ring (bicyclic) bond motifs is 6. The number of aromatic nitrogens is 1. The summed E-state index contributed by atoms with van der Waals surface area (Å²) >= 11 is 0. The Morgan fingerprint density at radius 2 is 1.80 bits per heavy atom. The van der Waals surface area contributed by atoms with E-state index in [1.165, 1.54) is 19.8 Å². The van der Waals surface area contributed by atoms with Gasteiger partial charge in [-0.05, 0) is 61.4 Å². The fourth-order valence-corrected chi connectivity index (χ4v) is 12.5. The van der Waals surface area contributed by atoms with Gasteiger partial charge in [0, 0.05) is 84.0 Å². The number of aliphatic hydroxyl groups is 2. The van der Waals surface area contributed by atoms with E-state index in [0.717, 1.165) is 52.9 Å². The number of rotatable bonds is 6. The van der Waals surface area contributed by atoms with Crippen LogP contribution in [0.2, 0.25) is 0 Å². The highest BCUT2D eigenvalue weighted by molar-refractivity contribution is 5.95. The quantitative estimate of drug-likeness (QED) is 0.251. The van der Waals surface area contributed by atoms with Gasteiger partial charge in [-0.3, -0.25) is 14.6 Å². The third-order valence-electron chi connectivity index (χ3n) is 14.5. The Morgan fingerprint density at radius 3 is 2.52 bits per heavy atom. The topological polar surface area (TPSA) is 128 Å². The zero-order chi connectivity index (χ0) is 37.9. The van der Waals surface area contributed by atoms with Gasteiger partial charge in [0.1, 0.15) is 17.3 Å². The van der Waals surface area contributed by atoms with Crippen molar-refractivity contribution in [2.24, 2.45) is 11.3 Å². The maximum atomic E-state index is 15.1. The first-order valence-corrected chi connectivity index (χ1v) is 19.5. The minimum absolute atomic E-state index is 0.0475. The van der Waals surface area contributed by atoms with Gasteiger partial charge in [-0.1, -0.05) is 55.8 Å². The molecule has 6 heterocycles. The first-order valence-electron chi connectivity index (χ1n) is 19.5. The van der Waals surface area contributed by atoms with Gasteiger partial charge in [0.15, 0.2) is 0 Å². The van der Waals surface area contributed by atoms with Crippen molar-refractivity contribution in [2.75, 3.05) is 59.5 Å². The zero-order valence-corrected chi connectivity index (χ0v) is 32.1. The number of esters is 2. The molecular weight excluding hydrogens is 684 g/mol. The van der Waals surface area contributed by atoms with Crippen molar-refractivity contribution in [1.29, 1.82) is 0 Å². The summed E-state index contributed by atoms with van der Waals surface area (Å²) in [5.41, 5.74) is 1.24. The number of aromatic amines is 1. The van der Waals surface area contributed by atoms with Gasteiger partial charge < -0.3 is 34.3 Å². The van der Waals surface area contributed by atoms with E-state index in [-0.39, 0.29) is 17.9 Å². The molecule has 5 aliphatic heterocycles. The largest absolute Gasteiger partial charge is 0.496 e. The maximum absolute atomic E-state index is 15.1. The summed E-state index contributed by atoms with van der Waals surface area (Å²) in [6.45, 7) is 7.97. The monoisotopic (exact) mass is 736 g/mol. The number of anilines is 1. The van der Waals surface area contributed by atoms with E-state index in [4.69, 9.17) is 14.2 Å². The molecule has 1 aliphatic carbocycles. The molecule has 3 aromatic rings. The Morgan fingerprint density at radius 1 is 1.02 bits per heavy atom. The van der Waals surface area contributed by atoms with Gasteiger partial charge in [0.25, 0.3) is 0 Å². The number of methoxy groups -OCH3 is 3. The third kappa shape index (κ3) is 4.21. The molecule has 0 radical (unpaired) electrons. The fourth-order valence-electron chi connectivity index (χ4n) is 12.5. The summed E-state index contributed by atoms with van der Waals surface area (Å²) in [6.07, 6.45) is 7.52. The number of H-pyrrole nitrogens is 1. The van der Waals surface area contributed by atoms with Crippen LogP contribution in [0.5, 0.6) is 5.75 Å². The number of ether oxygens (including phenoxy) is 3. The number of nitrogens with zero attached hydrogens (tertiary/aromatic N) is 3. The lowest BCUT2D eigenvalue weighted by Gasteiger charge is -2.63. The normalized spacial score (nSPS) is 36.3. The SMILES string of the molecule is CCC1=C[C@H]2CN(C1)Cc1c([nH]c3ccccc13)[C@@](C(=O)OC)(c1cc3c(cc1OC)N(C)[C@H]1C(O)(C(=O)OC)[C@H](O)[C@]4(CC)C=CCN5CCC31[C@@H]54)C2. The number of nitrogens with one attached hydrogen (secondary N) is 1. The molecule has 1 spiro atoms. The molecule has 3 unspecified atom stereocenters. The van der Waals surface area contributed by atoms with Gasteiger partial charge in [-0.15, -0.1) is 0 Å². The first-order chi connectivity index (χ1) is 26.0. The average Bonchev–Trinajstić information content (AvgIpc) is 3.84. The van der Waals surface area contributed by atoms with E-state index in [9.17, 15) is 15.0 Å². The Bertz CT molecular complexity index is 2130. The third-order valence-corrected chi connectivity index (χ3v) is 14.5. The van der Waals surface area contributed by atoms with Crippen molar-refractivity contribution >= 4 is 28.5 Å². The molecule has 11 nitrogen and oxygen atoms in total. The molecule has 1 saturated carbocycles. The number of aliphatic hydroxyl groups excluding tert-OH is 1. The molecule has 1 aromatic heterocycles. The van der Waals surface area contributed by atoms with Gasteiger partial charge in [-0.25, -0.2) is 4.79 Å². The van der Waals surface area contributed by atoms with Crippen LogP contribution in [0, 0.1) is 11.3 Å². The number of benzene rings is 2. The van der Waals surface area contributed by atoms with Crippen molar-refractivity contribution in [3.63, 3.8) is 0 Å². The van der Waals surface area contributed by atoms with E-state index < -0.39 is 40.0 Å². The van der Waals surface area contributed by atoms with Crippen LogP contribution in [0.3, 0.4) is 0 Å². The second kappa shape index (κ2) is 12.2. The first kappa shape index (κ1) is 35.5. The molecule has 1 saturated heterocycles. The fraction of sp³-hybridized carbons (Fsp3) is 0.535. The molecule has 2 bridgehead atoms. The molecule has 9 rings (SSSR count). The van der Waals surface area contributed by atoms with Crippen LogP contribution in [0.1, 0.15) is 61.9 Å². The van der Waals surface area contributed by atoms with E-state index in [1.807, 2.05) is 43.1 Å². The van der Waals surface area contributed by atoms with Crippen LogP contribution in [0.25, 0.3) is 10.9 Å². The number of carbonyl (C=O) groups is 2. The van der Waals surface area contributed by atoms with Crippen molar-refractivity contribution in [3.8, 4) is 5.75 Å². The minimum atomic E-state index is -2.27. The van der Waals surface area contributed by atoms with Crippen LogP contribution >= 0.6 is 0 Å². The second-order valence-electron chi connectivity index (χ2n) is 16.6. The smallest absolute Gasteiger partial charge is 0.342 e. The number of hydrogen-bond acceptors (Lipinski definition) is 10. The molecule has 286 valence electrons. The maximum Gasteiger partial charge on any atom is 0.342 e. The number of likely N-dealkylation sites (N-methyl/N-ethyl adjacent to an activating group) is 1. The molecule has 54 heavy (non-hydrogen) atoms. The molecule has 2 fully saturated rings. The Kier molecular flexibility index (Phi) is 8.01. The Hall–Kier alpha value is -4.16. The van der Waals surface area contributed by atoms with E-state index in [2.05, 4.69) is 52.1 Å². The van der Waals surface area contributed by atoms with Crippen LogP contribution in [0.15, 0.2) is 60.2 Å². The number of hydrogen-bond donors (Lipinski definition) is 3.